The third kappa shape index (κ3) is 2.21. The van der Waals surface area contributed by atoms with E-state index in [9.17, 15) is 9.90 Å². The summed E-state index contributed by atoms with van der Waals surface area (Å²) < 4.78 is 0. The third-order valence-electron chi connectivity index (χ3n) is 4.59. The van der Waals surface area contributed by atoms with Gasteiger partial charge in [-0.15, -0.1) is 0 Å². The highest BCUT2D eigenvalue weighted by molar-refractivity contribution is 6.40. The summed E-state index contributed by atoms with van der Waals surface area (Å²) in [7, 11) is -1.28. The first-order valence-corrected chi connectivity index (χ1v) is 6.30. The first-order valence-electron chi connectivity index (χ1n) is 6.30. The van der Waals surface area contributed by atoms with Gasteiger partial charge in [-0.2, -0.15) is 0 Å². The maximum Gasteiger partial charge on any atom is 0.451 e. The van der Waals surface area contributed by atoms with Gasteiger partial charge in [-0.05, 0) is 36.9 Å². The number of rotatable bonds is 5. The number of fused-ring (bicyclic) bond motifs is 1. The summed E-state index contributed by atoms with van der Waals surface area (Å²) in [6, 6.07) is -0.143. The Kier molecular flexibility index (Phi) is 3.47. The van der Waals surface area contributed by atoms with E-state index in [1.807, 2.05) is 6.92 Å². The van der Waals surface area contributed by atoms with Crippen molar-refractivity contribution in [2.24, 2.45) is 11.3 Å². The van der Waals surface area contributed by atoms with Crippen LogP contribution in [0, 0.1) is 11.3 Å². The summed E-state index contributed by atoms with van der Waals surface area (Å²) in [6.45, 7) is 2.02. The van der Waals surface area contributed by atoms with Crippen LogP contribution >= 0.6 is 0 Å². The van der Waals surface area contributed by atoms with Crippen molar-refractivity contribution in [3.05, 3.63) is 0 Å². The molecule has 1 saturated heterocycles. The predicted molar refractivity (Wildman–Crippen MR) is 63.4 cm³/mol. The van der Waals surface area contributed by atoms with E-state index in [0.29, 0.717) is 24.7 Å². The number of hydrogen-bond donors (Lipinski definition) is 4. The van der Waals surface area contributed by atoms with Crippen molar-refractivity contribution in [1.29, 1.82) is 0 Å². The van der Waals surface area contributed by atoms with Crippen LogP contribution < -0.4 is 5.32 Å². The highest BCUT2D eigenvalue weighted by atomic mass is 16.4. The van der Waals surface area contributed by atoms with Gasteiger partial charge >= 0.3 is 13.1 Å². The molecule has 0 aromatic heterocycles. The minimum atomic E-state index is -1.28. The van der Waals surface area contributed by atoms with Crippen LogP contribution in [0.4, 0.5) is 0 Å². The SMILES string of the molecule is C[C@]1(CCCB(O)O)[C@@H](C(=O)O)N[C@@H]2CC[C@@H]21. The van der Waals surface area contributed by atoms with E-state index >= 15 is 0 Å². The van der Waals surface area contributed by atoms with Gasteiger partial charge in [0.1, 0.15) is 6.04 Å². The fourth-order valence-corrected chi connectivity index (χ4v) is 3.46. The molecule has 4 atom stereocenters. The normalized spacial score (nSPS) is 39.6. The fraction of sp³-hybridized carbons (Fsp3) is 0.909. The lowest BCUT2D eigenvalue weighted by Gasteiger charge is -2.40. The molecule has 2 rings (SSSR count). The van der Waals surface area contributed by atoms with Crippen molar-refractivity contribution in [3.63, 3.8) is 0 Å². The standard InChI is InChI=1S/C11H20BNO4/c1-11(5-2-6-12(16)17)7-3-4-8(7)13-9(11)10(14)15/h7-9,13,16-17H,2-6H2,1H3,(H,14,15)/t7-,8+,9+,11+/m0/s1. The third-order valence-corrected chi connectivity index (χ3v) is 4.59. The van der Waals surface area contributed by atoms with Gasteiger partial charge in [-0.3, -0.25) is 4.79 Å². The van der Waals surface area contributed by atoms with Gasteiger partial charge in [0.25, 0.3) is 0 Å². The molecule has 1 saturated carbocycles. The van der Waals surface area contributed by atoms with Crippen LogP contribution in [0.1, 0.15) is 32.6 Å². The molecule has 96 valence electrons. The Morgan fingerprint density at radius 1 is 1.47 bits per heavy atom. The van der Waals surface area contributed by atoms with E-state index in [-0.39, 0.29) is 5.41 Å². The minimum Gasteiger partial charge on any atom is -0.480 e. The molecule has 0 radical (unpaired) electrons. The molecule has 5 nitrogen and oxygen atoms in total. The quantitative estimate of drug-likeness (QED) is 0.512. The van der Waals surface area contributed by atoms with Crippen molar-refractivity contribution in [1.82, 2.24) is 5.32 Å². The van der Waals surface area contributed by atoms with Gasteiger partial charge in [0.2, 0.25) is 0 Å². The lowest BCUT2D eigenvalue weighted by molar-refractivity contribution is -0.142. The Morgan fingerprint density at radius 2 is 2.18 bits per heavy atom. The molecule has 0 aromatic rings. The molecule has 0 amide bonds. The zero-order chi connectivity index (χ0) is 12.6. The molecule has 2 fully saturated rings. The number of aliphatic carboxylic acids is 1. The molecular weight excluding hydrogens is 221 g/mol. The van der Waals surface area contributed by atoms with E-state index in [2.05, 4.69) is 5.32 Å². The van der Waals surface area contributed by atoms with Crippen LogP contribution in [0.25, 0.3) is 0 Å². The van der Waals surface area contributed by atoms with Gasteiger partial charge in [0, 0.05) is 6.04 Å². The Labute approximate surface area is 101 Å². The Bertz CT molecular complexity index is 312. The van der Waals surface area contributed by atoms with Gasteiger partial charge in [-0.25, -0.2) is 0 Å². The van der Waals surface area contributed by atoms with Crippen molar-refractivity contribution < 1.29 is 19.9 Å². The first-order chi connectivity index (χ1) is 7.95. The molecule has 0 aromatic carbocycles. The largest absolute Gasteiger partial charge is 0.480 e. The second-order valence-corrected chi connectivity index (χ2v) is 5.61. The molecule has 0 bridgehead atoms. The molecule has 17 heavy (non-hydrogen) atoms. The lowest BCUT2D eigenvalue weighted by Crippen LogP contribution is -2.43. The highest BCUT2D eigenvalue weighted by Crippen LogP contribution is 2.52. The summed E-state index contributed by atoms with van der Waals surface area (Å²) in [5.74, 6) is -0.356. The van der Waals surface area contributed by atoms with Gasteiger partial charge < -0.3 is 20.5 Å². The molecule has 0 unspecified atom stereocenters. The average Bonchev–Trinajstić information content (AvgIpc) is 2.32. The summed E-state index contributed by atoms with van der Waals surface area (Å²) >= 11 is 0. The van der Waals surface area contributed by atoms with Crippen LogP contribution in [0.15, 0.2) is 0 Å². The molecule has 2 aliphatic rings. The van der Waals surface area contributed by atoms with E-state index < -0.39 is 19.1 Å². The first kappa shape index (κ1) is 12.9. The van der Waals surface area contributed by atoms with Crippen molar-refractivity contribution in [2.45, 2.75) is 51.0 Å². The molecule has 0 spiro atoms. The number of carboxylic acids is 1. The predicted octanol–water partition coefficient (Wildman–Crippen LogP) is 0.0807. The summed E-state index contributed by atoms with van der Waals surface area (Å²) in [5.41, 5.74) is -0.246. The smallest absolute Gasteiger partial charge is 0.451 e. The van der Waals surface area contributed by atoms with Crippen LogP contribution in [-0.4, -0.2) is 40.3 Å². The van der Waals surface area contributed by atoms with E-state index in [4.69, 9.17) is 10.0 Å². The highest BCUT2D eigenvalue weighted by Gasteiger charge is 2.57. The monoisotopic (exact) mass is 241 g/mol. The van der Waals surface area contributed by atoms with E-state index in [1.54, 1.807) is 0 Å². The maximum absolute atomic E-state index is 11.3. The van der Waals surface area contributed by atoms with E-state index in [0.717, 1.165) is 19.3 Å². The van der Waals surface area contributed by atoms with Crippen molar-refractivity contribution in [3.8, 4) is 0 Å². The molecule has 4 N–H and O–H groups in total. The maximum atomic E-state index is 11.3. The Morgan fingerprint density at radius 3 is 2.65 bits per heavy atom. The second-order valence-electron chi connectivity index (χ2n) is 5.61. The zero-order valence-electron chi connectivity index (χ0n) is 10.1. The second kappa shape index (κ2) is 4.59. The van der Waals surface area contributed by atoms with Crippen LogP contribution in [-0.2, 0) is 4.79 Å². The number of carboxylic acid groups (broad SMARTS) is 1. The number of nitrogens with one attached hydrogen (secondary N) is 1. The lowest BCUT2D eigenvalue weighted by atomic mass is 9.62. The molecule has 1 aliphatic heterocycles. The fourth-order valence-electron chi connectivity index (χ4n) is 3.46. The minimum absolute atomic E-state index is 0.246. The molecule has 1 heterocycles. The zero-order valence-corrected chi connectivity index (χ0v) is 10.1. The van der Waals surface area contributed by atoms with Crippen molar-refractivity contribution in [2.75, 3.05) is 0 Å². The Balaban J connectivity index is 2.01. The average molecular weight is 241 g/mol. The topological polar surface area (TPSA) is 89.8 Å². The number of hydrogen-bond acceptors (Lipinski definition) is 4. The summed E-state index contributed by atoms with van der Waals surface area (Å²) in [6.07, 6.45) is 3.85. The van der Waals surface area contributed by atoms with Crippen LogP contribution in [0.2, 0.25) is 6.32 Å². The van der Waals surface area contributed by atoms with Crippen LogP contribution in [0.5, 0.6) is 0 Å². The van der Waals surface area contributed by atoms with Gasteiger partial charge in [-0.1, -0.05) is 13.3 Å². The summed E-state index contributed by atoms with van der Waals surface area (Å²) in [5, 5.41) is 30.1. The Hall–Kier alpha value is -0.585. The van der Waals surface area contributed by atoms with Gasteiger partial charge in [0.15, 0.2) is 0 Å². The number of carbonyl (C=O) groups is 1. The molecule has 1 aliphatic carbocycles. The summed E-state index contributed by atoms with van der Waals surface area (Å²) in [4.78, 5) is 11.3. The molecular formula is C11H20BNO4. The van der Waals surface area contributed by atoms with E-state index in [1.165, 1.54) is 0 Å². The van der Waals surface area contributed by atoms with Crippen molar-refractivity contribution >= 4 is 13.1 Å². The van der Waals surface area contributed by atoms with Gasteiger partial charge in [0.05, 0.1) is 0 Å². The van der Waals surface area contributed by atoms with Crippen LogP contribution in [0.3, 0.4) is 0 Å². The molecule has 6 heteroatoms.